The maximum atomic E-state index is 3.55. The van der Waals surface area contributed by atoms with E-state index in [4.69, 9.17) is 0 Å². The summed E-state index contributed by atoms with van der Waals surface area (Å²) >= 11 is 0. The Hall–Kier alpha value is -0.340. The summed E-state index contributed by atoms with van der Waals surface area (Å²) in [5.74, 6) is 0. The summed E-state index contributed by atoms with van der Waals surface area (Å²) in [5.41, 5.74) is 2.24. The molecule has 0 aromatic heterocycles. The standard InChI is InChI=1S/C16H32N2/c1-15(2,3)14-8-12-18(13-9-14)11-7-10-17-16(4,5)6/h8,17H,7,9-13H2,1-6H3. The van der Waals surface area contributed by atoms with Crippen LogP contribution in [0.15, 0.2) is 11.6 Å². The first-order valence-corrected chi connectivity index (χ1v) is 7.35. The Morgan fingerprint density at radius 1 is 1.17 bits per heavy atom. The Morgan fingerprint density at radius 3 is 2.28 bits per heavy atom. The molecule has 0 saturated carbocycles. The Kier molecular flexibility index (Phi) is 5.42. The minimum atomic E-state index is 0.251. The predicted molar refractivity (Wildman–Crippen MR) is 81.0 cm³/mol. The lowest BCUT2D eigenvalue weighted by Gasteiger charge is -2.32. The van der Waals surface area contributed by atoms with Crippen molar-refractivity contribution in [3.05, 3.63) is 11.6 Å². The number of hydrogen-bond acceptors (Lipinski definition) is 2. The van der Waals surface area contributed by atoms with E-state index in [1.165, 1.54) is 25.9 Å². The molecule has 0 radical (unpaired) electrons. The highest BCUT2D eigenvalue weighted by Gasteiger charge is 2.20. The van der Waals surface area contributed by atoms with Crippen molar-refractivity contribution in [1.82, 2.24) is 10.2 Å². The molecule has 106 valence electrons. The van der Waals surface area contributed by atoms with Crippen molar-refractivity contribution in [3.63, 3.8) is 0 Å². The molecule has 18 heavy (non-hydrogen) atoms. The summed E-state index contributed by atoms with van der Waals surface area (Å²) in [6, 6.07) is 0. The first-order chi connectivity index (χ1) is 8.18. The van der Waals surface area contributed by atoms with Crippen LogP contribution in [0.25, 0.3) is 0 Å². The van der Waals surface area contributed by atoms with Crippen LogP contribution in [-0.4, -0.2) is 36.6 Å². The molecule has 0 atom stereocenters. The van der Waals surface area contributed by atoms with Gasteiger partial charge in [-0.2, -0.15) is 0 Å². The topological polar surface area (TPSA) is 15.3 Å². The Bertz CT molecular complexity index is 278. The van der Waals surface area contributed by atoms with Gasteiger partial charge >= 0.3 is 0 Å². The van der Waals surface area contributed by atoms with E-state index in [1.807, 2.05) is 0 Å². The monoisotopic (exact) mass is 252 g/mol. The van der Waals surface area contributed by atoms with Crippen LogP contribution < -0.4 is 5.32 Å². The van der Waals surface area contributed by atoms with Gasteiger partial charge in [-0.15, -0.1) is 0 Å². The highest BCUT2D eigenvalue weighted by atomic mass is 15.1. The molecule has 0 aromatic rings. The maximum absolute atomic E-state index is 3.55. The Labute approximate surface area is 114 Å². The molecule has 0 aromatic carbocycles. The van der Waals surface area contributed by atoms with Gasteiger partial charge in [-0.3, -0.25) is 4.90 Å². The summed E-state index contributed by atoms with van der Waals surface area (Å²) in [7, 11) is 0. The average Bonchev–Trinajstić information content (AvgIpc) is 2.22. The van der Waals surface area contributed by atoms with Crippen LogP contribution in [0.1, 0.15) is 54.4 Å². The summed E-state index contributed by atoms with van der Waals surface area (Å²) in [6.45, 7) is 18.4. The molecular weight excluding hydrogens is 220 g/mol. The fraction of sp³-hybridized carbons (Fsp3) is 0.875. The van der Waals surface area contributed by atoms with Gasteiger partial charge in [0.2, 0.25) is 0 Å². The van der Waals surface area contributed by atoms with E-state index in [0.717, 1.165) is 13.1 Å². The van der Waals surface area contributed by atoms with E-state index < -0.39 is 0 Å². The molecule has 0 amide bonds. The normalized spacial score (nSPS) is 18.9. The van der Waals surface area contributed by atoms with Crippen LogP contribution in [0.5, 0.6) is 0 Å². The second-order valence-corrected chi connectivity index (χ2v) is 7.56. The lowest BCUT2D eigenvalue weighted by Crippen LogP contribution is -2.38. The second-order valence-electron chi connectivity index (χ2n) is 7.56. The molecule has 1 aliphatic rings. The van der Waals surface area contributed by atoms with Gasteiger partial charge in [0.15, 0.2) is 0 Å². The molecule has 1 N–H and O–H groups in total. The average molecular weight is 252 g/mol. The quantitative estimate of drug-likeness (QED) is 0.609. The van der Waals surface area contributed by atoms with Crippen LogP contribution in [0.2, 0.25) is 0 Å². The summed E-state index contributed by atoms with van der Waals surface area (Å²) < 4.78 is 0. The lowest BCUT2D eigenvalue weighted by molar-refractivity contribution is 0.270. The van der Waals surface area contributed by atoms with Gasteiger partial charge < -0.3 is 5.32 Å². The highest BCUT2D eigenvalue weighted by molar-refractivity contribution is 5.14. The molecule has 1 aliphatic heterocycles. The molecule has 2 heteroatoms. The number of rotatable bonds is 4. The number of hydrogen-bond donors (Lipinski definition) is 1. The van der Waals surface area contributed by atoms with E-state index in [9.17, 15) is 0 Å². The van der Waals surface area contributed by atoms with Crippen LogP contribution in [-0.2, 0) is 0 Å². The van der Waals surface area contributed by atoms with Crippen LogP contribution in [0.4, 0.5) is 0 Å². The molecule has 0 unspecified atom stereocenters. The van der Waals surface area contributed by atoms with Gasteiger partial charge in [-0.05, 0) is 52.1 Å². The van der Waals surface area contributed by atoms with Crippen LogP contribution in [0.3, 0.4) is 0 Å². The molecule has 2 nitrogen and oxygen atoms in total. The highest BCUT2D eigenvalue weighted by Crippen LogP contribution is 2.29. The van der Waals surface area contributed by atoms with E-state index in [1.54, 1.807) is 5.57 Å². The van der Waals surface area contributed by atoms with Crippen LogP contribution >= 0.6 is 0 Å². The summed E-state index contributed by atoms with van der Waals surface area (Å²) in [4.78, 5) is 2.57. The summed E-state index contributed by atoms with van der Waals surface area (Å²) in [6.07, 6.45) is 4.94. The van der Waals surface area contributed by atoms with Crippen molar-refractivity contribution < 1.29 is 0 Å². The minimum absolute atomic E-state index is 0.251. The largest absolute Gasteiger partial charge is 0.312 e. The van der Waals surface area contributed by atoms with Crippen LogP contribution in [0, 0.1) is 5.41 Å². The van der Waals surface area contributed by atoms with Gasteiger partial charge in [0.25, 0.3) is 0 Å². The number of nitrogens with zero attached hydrogens (tertiary/aromatic N) is 1. The van der Waals surface area contributed by atoms with Crippen molar-refractivity contribution in [2.45, 2.75) is 59.9 Å². The Balaban J connectivity index is 2.22. The Morgan fingerprint density at radius 2 is 1.83 bits per heavy atom. The fourth-order valence-electron chi connectivity index (χ4n) is 2.36. The fourth-order valence-corrected chi connectivity index (χ4v) is 2.36. The van der Waals surface area contributed by atoms with E-state index >= 15 is 0 Å². The first-order valence-electron chi connectivity index (χ1n) is 7.35. The zero-order valence-corrected chi connectivity index (χ0v) is 13.3. The molecule has 1 heterocycles. The van der Waals surface area contributed by atoms with Crippen molar-refractivity contribution >= 4 is 0 Å². The third-order valence-electron chi connectivity index (χ3n) is 3.56. The van der Waals surface area contributed by atoms with Crippen molar-refractivity contribution in [2.75, 3.05) is 26.2 Å². The van der Waals surface area contributed by atoms with Gasteiger partial charge in [0.05, 0.1) is 0 Å². The molecular formula is C16H32N2. The predicted octanol–water partition coefficient (Wildman–Crippen LogP) is 3.44. The molecule has 0 bridgehead atoms. The van der Waals surface area contributed by atoms with Gasteiger partial charge in [0.1, 0.15) is 0 Å². The second kappa shape index (κ2) is 6.21. The molecule has 0 aliphatic carbocycles. The molecule has 0 saturated heterocycles. The van der Waals surface area contributed by atoms with E-state index in [-0.39, 0.29) is 5.54 Å². The SMILES string of the molecule is CC(C)(C)NCCCN1CC=C(C(C)(C)C)CC1. The van der Waals surface area contributed by atoms with Crippen molar-refractivity contribution in [1.29, 1.82) is 0 Å². The van der Waals surface area contributed by atoms with Gasteiger partial charge in [-0.25, -0.2) is 0 Å². The zero-order chi connectivity index (χ0) is 13.8. The van der Waals surface area contributed by atoms with Gasteiger partial charge in [-0.1, -0.05) is 32.4 Å². The van der Waals surface area contributed by atoms with Gasteiger partial charge in [0, 0.05) is 18.6 Å². The molecule has 1 rings (SSSR count). The van der Waals surface area contributed by atoms with E-state index in [0.29, 0.717) is 5.41 Å². The van der Waals surface area contributed by atoms with Crippen molar-refractivity contribution in [2.24, 2.45) is 5.41 Å². The maximum Gasteiger partial charge on any atom is 0.0166 e. The first kappa shape index (κ1) is 15.7. The smallest absolute Gasteiger partial charge is 0.0166 e. The summed E-state index contributed by atoms with van der Waals surface area (Å²) in [5, 5.41) is 3.55. The molecule has 0 fully saturated rings. The minimum Gasteiger partial charge on any atom is -0.312 e. The zero-order valence-electron chi connectivity index (χ0n) is 13.3. The third-order valence-corrected chi connectivity index (χ3v) is 3.56. The van der Waals surface area contributed by atoms with Crippen molar-refractivity contribution in [3.8, 4) is 0 Å². The third kappa shape index (κ3) is 6.01. The number of nitrogens with one attached hydrogen (secondary N) is 1. The molecule has 0 spiro atoms. The lowest BCUT2D eigenvalue weighted by atomic mass is 9.83. The van der Waals surface area contributed by atoms with E-state index in [2.05, 4.69) is 57.8 Å².